The number of anilines is 12. The number of ether oxygens (including phenoxy) is 3. The first-order chi connectivity index (χ1) is 70.8. The zero-order valence-corrected chi connectivity index (χ0v) is 101. The molecule has 150 heavy (non-hydrogen) atoms. The molecule has 6 aromatic rings. The van der Waals surface area contributed by atoms with E-state index in [0.717, 1.165) is 162 Å². The van der Waals surface area contributed by atoms with Gasteiger partial charge in [-0.2, -0.15) is 0 Å². The molecule has 0 saturated carbocycles. The first-order valence-corrected chi connectivity index (χ1v) is 60.8. The summed E-state index contributed by atoms with van der Waals surface area (Å²) in [6.07, 6.45) is 32.0. The number of benzene rings is 3. The molecule has 0 spiro atoms. The number of aliphatic hydroxyl groups excluding tert-OH is 1. The lowest BCUT2D eigenvalue weighted by Crippen LogP contribution is -2.45. The standard InChI is InChI=1S/3C15H24N2.C14H24N4.2C14H23N3.C12H25NO3.C9H19NO.C8H17NOS.C8H17N/c1-12(2)16-14-4-6-15(7-5-14)17-10-8-13(3)9-11-17;2*1-15(2,3)16-13-7-9-14(10-8-13)17-11-5-4-6-12-17;1-11-5-7-18(8-6-11)13-9-12(15-10-16-13)17-14(2,3)4;1-11(2)16-13-4-5-14(15-10-13)17-8-6-12(3)7-9-17;1-14(2,3)16-12-7-8-13(15-11-12)17-9-5-4-6-10-17;1-12(2,3)13-4-6-14-8-10-16-11-9-15-7-5-13;1-9(2,3)10-6-4-5-8(10)7-11;1-8(2)9-4-6-11(3,10)7-5-9;1-8(2)9-6-4-3-5-7-9/h4-7,12-13,16H,8-11H2,1-3H3;2*7-10,16H,4-6,11-12H2,1-3H3;9-11H,5-8H2,1-4H3,(H,15,16,17);4-5,10-12,16H,6-9H2,1-3H3;7-8,11,16H,4-6,9-10H2,1-3H3;4-11H2,1-3H3;8,11H,4-7H2,1-3H3;8H,3-7H2,1-2H3;8H,3-7H2,1-2H3. The lowest BCUT2D eigenvalue weighted by Gasteiger charge is -2.36. The highest BCUT2D eigenvalue weighted by molar-refractivity contribution is 8.00. The number of nitrogens with one attached hydrogen (secondary N) is 6. The molecule has 16 rings (SSSR count). The number of likely N-dealkylation sites (tertiary alicyclic amines) is 2. The van der Waals surface area contributed by atoms with E-state index in [-0.39, 0.29) is 33.2 Å². The van der Waals surface area contributed by atoms with Gasteiger partial charge in [0, 0.05) is 220 Å². The predicted octanol–water partition coefficient (Wildman–Crippen LogP) is 25.6. The van der Waals surface area contributed by atoms with Crippen molar-refractivity contribution in [1.29, 1.82) is 0 Å². The van der Waals surface area contributed by atoms with E-state index in [1.54, 1.807) is 6.33 Å². The van der Waals surface area contributed by atoms with E-state index in [0.29, 0.717) is 57.2 Å². The molecule has 10 aliphatic heterocycles. The maximum atomic E-state index is 11.4. The van der Waals surface area contributed by atoms with Crippen molar-refractivity contribution in [3.05, 3.63) is 122 Å². The molecule has 0 aliphatic carbocycles. The van der Waals surface area contributed by atoms with Crippen molar-refractivity contribution >= 4 is 84.2 Å². The molecule has 7 N–H and O–H groups in total. The van der Waals surface area contributed by atoms with E-state index in [1.165, 1.54) is 208 Å². The zero-order valence-electron chi connectivity index (χ0n) is 101. The predicted molar refractivity (Wildman–Crippen MR) is 653 cm³/mol. The van der Waals surface area contributed by atoms with Crippen LogP contribution < -0.4 is 61.3 Å². The molecule has 1 unspecified atom stereocenters. The molecular formula is C124H220N20O5S. The number of rotatable bonds is 17. The van der Waals surface area contributed by atoms with Gasteiger partial charge in [0.2, 0.25) is 0 Å². The fraction of sp³-hybridized carbons (Fsp3) is 0.734. The van der Waals surface area contributed by atoms with Crippen LogP contribution in [0, 0.1) is 17.8 Å². The summed E-state index contributed by atoms with van der Waals surface area (Å²) in [4.78, 5) is 42.1. The highest BCUT2D eigenvalue weighted by Gasteiger charge is 2.33. The third-order valence-corrected chi connectivity index (χ3v) is 30.6. The zero-order chi connectivity index (χ0) is 110. The first kappa shape index (κ1) is 129. The third-order valence-electron chi connectivity index (χ3n) is 28.7. The molecule has 10 aliphatic rings. The maximum Gasteiger partial charge on any atom is 0.134 e. The minimum Gasteiger partial charge on any atom is -0.395 e. The number of nitrogens with zero attached hydrogens (tertiary/aromatic N) is 14. The SMILES string of the molecule is C=S1(=O)CCN(C(C)C)CC1.CC(C)(C)N1CCCC1CO.CC(C)(C)N1CCOCCOCCOCC1.CC(C)(C)Nc1ccc(N2CCCCC2)cc1.CC(C)(C)Nc1ccc(N2CCCCC2)cc1.CC(C)(C)Nc1ccc(N2CCCCC2)nc1.CC(C)N1CCCCC1.CC1CCN(c2cc(NC(C)(C)C)ncn2)CC1.CC1CCN(c2ccc(NC(C)C)cc2)CC1.CC1CCN(c2ccc(NC(C)C)cn2)CC1. The molecule has 1 atom stereocenters. The second-order valence-electron chi connectivity index (χ2n) is 51.0. The molecule has 25 nitrogen and oxygen atoms in total. The van der Waals surface area contributed by atoms with Gasteiger partial charge in [0.1, 0.15) is 29.6 Å². The summed E-state index contributed by atoms with van der Waals surface area (Å²) >= 11 is 0. The lowest BCUT2D eigenvalue weighted by molar-refractivity contribution is -0.0193. The van der Waals surface area contributed by atoms with Gasteiger partial charge in [-0.05, 0) is 452 Å². The molecule has 13 heterocycles. The number of aromatic nitrogens is 4. The second-order valence-corrected chi connectivity index (χ2v) is 53.7. The summed E-state index contributed by atoms with van der Waals surface area (Å²) in [6.45, 7) is 90.1. The van der Waals surface area contributed by atoms with Crippen LogP contribution in [0.3, 0.4) is 0 Å². The van der Waals surface area contributed by atoms with Crippen LogP contribution in [0.5, 0.6) is 0 Å². The van der Waals surface area contributed by atoms with Gasteiger partial charge < -0.3 is 85.5 Å². The number of hydrogen-bond acceptors (Lipinski definition) is 25. The molecule has 3 aromatic carbocycles. The molecule has 26 heteroatoms. The Morgan fingerprint density at radius 2 is 0.667 bits per heavy atom. The van der Waals surface area contributed by atoms with E-state index < -0.39 is 9.52 Å². The Bertz CT molecular complexity index is 4320. The van der Waals surface area contributed by atoms with E-state index >= 15 is 0 Å². The van der Waals surface area contributed by atoms with Crippen LogP contribution in [0.2, 0.25) is 0 Å². The van der Waals surface area contributed by atoms with Crippen molar-refractivity contribution in [2.45, 2.75) is 393 Å². The van der Waals surface area contributed by atoms with E-state index in [2.05, 4.69) is 411 Å². The summed E-state index contributed by atoms with van der Waals surface area (Å²) in [7, 11) is -1.69. The van der Waals surface area contributed by atoms with Gasteiger partial charge in [-0.15, -0.1) is 0 Å². The minimum atomic E-state index is -1.69. The molecule has 0 amide bonds. The third kappa shape index (κ3) is 54.1. The average molecular weight is 2100 g/mol. The monoisotopic (exact) mass is 2100 g/mol. The molecular weight excluding hydrogens is 1880 g/mol. The van der Waals surface area contributed by atoms with Crippen LogP contribution in [0.4, 0.5) is 68.8 Å². The number of piperidine rings is 7. The van der Waals surface area contributed by atoms with Crippen molar-refractivity contribution in [1.82, 2.24) is 39.5 Å². The van der Waals surface area contributed by atoms with Gasteiger partial charge in [-0.25, -0.2) is 19.9 Å². The van der Waals surface area contributed by atoms with Crippen molar-refractivity contribution in [3.8, 4) is 0 Å². The smallest absolute Gasteiger partial charge is 0.134 e. The van der Waals surface area contributed by atoms with Gasteiger partial charge in [-0.1, -0.05) is 27.2 Å². The Hall–Kier alpha value is -7.66. The highest BCUT2D eigenvalue weighted by Crippen LogP contribution is 2.33. The van der Waals surface area contributed by atoms with Gasteiger partial charge in [0.25, 0.3) is 0 Å². The van der Waals surface area contributed by atoms with Crippen molar-refractivity contribution in [3.63, 3.8) is 0 Å². The van der Waals surface area contributed by atoms with Crippen molar-refractivity contribution in [2.75, 3.05) is 243 Å². The van der Waals surface area contributed by atoms with Crippen LogP contribution in [-0.2, 0) is 23.7 Å². The van der Waals surface area contributed by atoms with E-state index in [9.17, 15) is 4.21 Å². The van der Waals surface area contributed by atoms with Gasteiger partial charge in [-0.3, -0.25) is 18.9 Å². The second kappa shape index (κ2) is 66.0. The fourth-order valence-corrected chi connectivity index (χ4v) is 21.3. The Morgan fingerprint density at radius 1 is 0.340 bits per heavy atom. The van der Waals surface area contributed by atoms with Crippen molar-refractivity contribution in [2.24, 2.45) is 17.8 Å². The molecule has 852 valence electrons. The number of aliphatic hydroxyl groups is 1. The topological polar surface area (TPSA) is 221 Å². The minimum absolute atomic E-state index is 0.0298. The summed E-state index contributed by atoms with van der Waals surface area (Å²) in [6, 6.07) is 39.8. The van der Waals surface area contributed by atoms with Crippen molar-refractivity contribution < 1.29 is 23.5 Å². The molecule has 0 radical (unpaired) electrons. The van der Waals surface area contributed by atoms with Crippen LogP contribution in [0.1, 0.15) is 329 Å². The Balaban J connectivity index is 0.000000227. The maximum absolute atomic E-state index is 11.4. The van der Waals surface area contributed by atoms with Crippen LogP contribution in [-0.4, -0.2) is 300 Å². The molecule has 10 saturated heterocycles. The van der Waals surface area contributed by atoms with E-state index in [1.807, 2.05) is 12.4 Å². The largest absolute Gasteiger partial charge is 0.395 e. The fourth-order valence-electron chi connectivity index (χ4n) is 20.0. The molecule has 3 aromatic heterocycles. The summed E-state index contributed by atoms with van der Waals surface area (Å²) in [5.41, 5.74) is 10.7. The van der Waals surface area contributed by atoms with Gasteiger partial charge in [0.15, 0.2) is 0 Å². The first-order valence-electron chi connectivity index (χ1n) is 58.7. The Labute approximate surface area is 917 Å². The Kier molecular flexibility index (Phi) is 56.9. The average Bonchev–Trinajstić information content (AvgIpc) is 1.79. The normalized spacial score (nSPS) is 19.7. The number of hydrogen-bond donors (Lipinski definition) is 7. The van der Waals surface area contributed by atoms with Crippen LogP contribution in [0.25, 0.3) is 0 Å². The quantitative estimate of drug-likeness (QED) is 0.0422. The summed E-state index contributed by atoms with van der Waals surface area (Å²) < 4.78 is 27.8. The van der Waals surface area contributed by atoms with Gasteiger partial charge in [0.05, 0.1) is 70.0 Å². The summed E-state index contributed by atoms with van der Waals surface area (Å²) in [5.74, 6) is 12.1. The van der Waals surface area contributed by atoms with Gasteiger partial charge >= 0.3 is 0 Å². The summed E-state index contributed by atoms with van der Waals surface area (Å²) in [5, 5.41) is 29.6. The van der Waals surface area contributed by atoms with Crippen LogP contribution >= 0.6 is 0 Å². The lowest BCUT2D eigenvalue weighted by atomic mass is 9.99. The van der Waals surface area contributed by atoms with Crippen LogP contribution in [0.15, 0.2) is 122 Å². The highest BCUT2D eigenvalue weighted by atomic mass is 32.2. The number of pyridine rings is 2. The molecule has 0 bridgehead atoms. The Morgan fingerprint density at radius 3 is 1.01 bits per heavy atom. The molecule has 10 fully saturated rings. The van der Waals surface area contributed by atoms with E-state index in [4.69, 9.17) is 19.3 Å².